The van der Waals surface area contributed by atoms with E-state index in [1.807, 2.05) is 51.1 Å². The van der Waals surface area contributed by atoms with Gasteiger partial charge >= 0.3 is 0 Å². The second-order valence-electron chi connectivity index (χ2n) is 4.86. The van der Waals surface area contributed by atoms with E-state index in [0.717, 1.165) is 23.4 Å². The summed E-state index contributed by atoms with van der Waals surface area (Å²) in [5, 5.41) is 0.360. The molecule has 0 fully saturated rings. The van der Waals surface area contributed by atoms with Gasteiger partial charge in [0.15, 0.2) is 0 Å². The van der Waals surface area contributed by atoms with Gasteiger partial charge in [-0.2, -0.15) is 0 Å². The highest BCUT2D eigenvalue weighted by Crippen LogP contribution is 2.22. The van der Waals surface area contributed by atoms with Crippen molar-refractivity contribution < 1.29 is 4.79 Å². The van der Waals surface area contributed by atoms with Gasteiger partial charge in [0.1, 0.15) is 5.15 Å². The maximum absolute atomic E-state index is 12.8. The first-order chi connectivity index (χ1) is 10.1. The SMILES string of the molecule is CCc1cc(C(=O)N(CC)c2ccccc2C)cc(Cl)n1. The molecule has 1 aromatic carbocycles. The average Bonchev–Trinajstić information content (AvgIpc) is 2.49. The van der Waals surface area contributed by atoms with Crippen molar-refractivity contribution in [2.75, 3.05) is 11.4 Å². The molecule has 4 heteroatoms. The quantitative estimate of drug-likeness (QED) is 0.790. The van der Waals surface area contributed by atoms with Crippen LogP contribution in [0.5, 0.6) is 0 Å². The first-order valence-electron chi connectivity index (χ1n) is 7.10. The first-order valence-corrected chi connectivity index (χ1v) is 7.48. The Kier molecular flexibility index (Phi) is 4.97. The third kappa shape index (κ3) is 3.42. The summed E-state index contributed by atoms with van der Waals surface area (Å²) >= 11 is 6.02. The predicted octanol–water partition coefficient (Wildman–Crippen LogP) is 4.27. The number of carbonyl (C=O) groups is 1. The number of rotatable bonds is 4. The standard InChI is InChI=1S/C17H19ClN2O/c1-4-14-10-13(11-16(18)19-14)17(21)20(5-2)15-9-7-6-8-12(15)3/h6-11H,4-5H2,1-3H3. The number of halogens is 1. The number of aryl methyl sites for hydroxylation is 2. The van der Waals surface area contributed by atoms with Gasteiger partial charge in [-0.05, 0) is 44.0 Å². The summed E-state index contributed by atoms with van der Waals surface area (Å²) in [5.41, 5.74) is 3.41. The summed E-state index contributed by atoms with van der Waals surface area (Å²) in [4.78, 5) is 18.8. The van der Waals surface area contributed by atoms with Crippen molar-refractivity contribution in [3.63, 3.8) is 0 Å². The van der Waals surface area contributed by atoms with E-state index in [4.69, 9.17) is 11.6 Å². The smallest absolute Gasteiger partial charge is 0.258 e. The molecule has 0 aliphatic rings. The molecule has 110 valence electrons. The van der Waals surface area contributed by atoms with Crippen molar-refractivity contribution in [2.24, 2.45) is 0 Å². The molecular formula is C17H19ClN2O. The largest absolute Gasteiger partial charge is 0.308 e. The zero-order chi connectivity index (χ0) is 15.4. The molecule has 2 aromatic rings. The molecule has 0 bridgehead atoms. The fraction of sp³-hybridized carbons (Fsp3) is 0.294. The van der Waals surface area contributed by atoms with Gasteiger partial charge in [0, 0.05) is 23.5 Å². The summed E-state index contributed by atoms with van der Waals surface area (Å²) in [5.74, 6) is -0.0502. The lowest BCUT2D eigenvalue weighted by molar-refractivity contribution is 0.0988. The van der Waals surface area contributed by atoms with Gasteiger partial charge < -0.3 is 4.90 Å². The number of hydrogen-bond acceptors (Lipinski definition) is 2. The topological polar surface area (TPSA) is 33.2 Å². The highest BCUT2D eigenvalue weighted by molar-refractivity contribution is 6.29. The lowest BCUT2D eigenvalue weighted by atomic mass is 10.1. The minimum absolute atomic E-state index is 0.0502. The van der Waals surface area contributed by atoms with Crippen LogP contribution in [0.15, 0.2) is 36.4 Å². The van der Waals surface area contributed by atoms with Crippen LogP contribution >= 0.6 is 11.6 Å². The summed E-state index contributed by atoms with van der Waals surface area (Å²) in [7, 11) is 0. The van der Waals surface area contributed by atoms with E-state index in [9.17, 15) is 4.79 Å². The number of hydrogen-bond donors (Lipinski definition) is 0. The molecule has 1 aromatic heterocycles. The van der Waals surface area contributed by atoms with Crippen LogP contribution in [0.3, 0.4) is 0 Å². The van der Waals surface area contributed by atoms with E-state index < -0.39 is 0 Å². The van der Waals surface area contributed by atoms with Crippen LogP contribution in [0.1, 0.15) is 35.5 Å². The Bertz CT molecular complexity index is 655. The van der Waals surface area contributed by atoms with Gasteiger partial charge in [0.2, 0.25) is 0 Å². The zero-order valence-corrected chi connectivity index (χ0v) is 13.3. The van der Waals surface area contributed by atoms with Crippen LogP contribution in [0, 0.1) is 6.92 Å². The fourth-order valence-corrected chi connectivity index (χ4v) is 2.53. The summed E-state index contributed by atoms with van der Waals surface area (Å²) in [6.45, 7) is 6.56. The van der Waals surface area contributed by atoms with Crippen molar-refractivity contribution in [3.8, 4) is 0 Å². The third-order valence-corrected chi connectivity index (χ3v) is 3.62. The Balaban J connectivity index is 2.41. The number of nitrogens with zero attached hydrogens (tertiary/aromatic N) is 2. The van der Waals surface area contributed by atoms with E-state index in [2.05, 4.69) is 4.98 Å². The number of amides is 1. The number of carbonyl (C=O) groups excluding carboxylic acids is 1. The van der Waals surface area contributed by atoms with Gasteiger partial charge in [-0.15, -0.1) is 0 Å². The van der Waals surface area contributed by atoms with E-state index in [1.165, 1.54) is 0 Å². The van der Waals surface area contributed by atoms with Crippen molar-refractivity contribution in [1.82, 2.24) is 4.98 Å². The predicted molar refractivity (Wildman–Crippen MR) is 87.2 cm³/mol. The Morgan fingerprint density at radius 2 is 1.95 bits per heavy atom. The van der Waals surface area contributed by atoms with Crippen LogP contribution in [-0.2, 0) is 6.42 Å². The number of anilines is 1. The molecule has 1 heterocycles. The number of para-hydroxylation sites is 1. The fourth-order valence-electron chi connectivity index (χ4n) is 2.30. The molecule has 0 N–H and O–H groups in total. The van der Waals surface area contributed by atoms with Gasteiger partial charge in [0.25, 0.3) is 5.91 Å². The molecule has 3 nitrogen and oxygen atoms in total. The molecule has 0 saturated heterocycles. The molecule has 0 spiro atoms. The van der Waals surface area contributed by atoms with Crippen molar-refractivity contribution in [2.45, 2.75) is 27.2 Å². The normalized spacial score (nSPS) is 10.5. The first kappa shape index (κ1) is 15.5. The monoisotopic (exact) mass is 302 g/mol. The molecule has 0 atom stereocenters. The van der Waals surface area contributed by atoms with E-state index in [-0.39, 0.29) is 5.91 Å². The van der Waals surface area contributed by atoms with Gasteiger partial charge in [-0.3, -0.25) is 4.79 Å². The van der Waals surface area contributed by atoms with Gasteiger partial charge in [-0.25, -0.2) is 4.98 Å². The Morgan fingerprint density at radius 1 is 1.24 bits per heavy atom. The molecule has 0 unspecified atom stereocenters. The molecule has 1 amide bonds. The van der Waals surface area contributed by atoms with Crippen LogP contribution < -0.4 is 4.90 Å². The summed E-state index contributed by atoms with van der Waals surface area (Å²) < 4.78 is 0. The van der Waals surface area contributed by atoms with Gasteiger partial charge in [-0.1, -0.05) is 36.7 Å². The van der Waals surface area contributed by atoms with Crippen molar-refractivity contribution in [3.05, 3.63) is 58.4 Å². The second-order valence-corrected chi connectivity index (χ2v) is 5.25. The molecular weight excluding hydrogens is 284 g/mol. The van der Waals surface area contributed by atoms with E-state index in [0.29, 0.717) is 17.3 Å². The minimum Gasteiger partial charge on any atom is -0.308 e. The number of aromatic nitrogens is 1. The van der Waals surface area contributed by atoms with Gasteiger partial charge in [0.05, 0.1) is 0 Å². The molecule has 2 rings (SSSR count). The van der Waals surface area contributed by atoms with Crippen molar-refractivity contribution >= 4 is 23.2 Å². The van der Waals surface area contributed by atoms with Crippen LogP contribution in [-0.4, -0.2) is 17.4 Å². The van der Waals surface area contributed by atoms with Crippen LogP contribution in [0.2, 0.25) is 5.15 Å². The highest BCUT2D eigenvalue weighted by Gasteiger charge is 2.18. The maximum atomic E-state index is 12.8. The molecule has 0 aliphatic carbocycles. The zero-order valence-electron chi connectivity index (χ0n) is 12.6. The maximum Gasteiger partial charge on any atom is 0.258 e. The lowest BCUT2D eigenvalue weighted by Gasteiger charge is -2.23. The minimum atomic E-state index is -0.0502. The Morgan fingerprint density at radius 3 is 2.57 bits per heavy atom. The van der Waals surface area contributed by atoms with E-state index in [1.54, 1.807) is 11.0 Å². The molecule has 0 radical (unpaired) electrons. The lowest BCUT2D eigenvalue weighted by Crippen LogP contribution is -2.31. The van der Waals surface area contributed by atoms with E-state index >= 15 is 0 Å². The van der Waals surface area contributed by atoms with Crippen LogP contribution in [0.25, 0.3) is 0 Å². The summed E-state index contributed by atoms with van der Waals surface area (Å²) in [6, 6.07) is 11.3. The third-order valence-electron chi connectivity index (χ3n) is 3.42. The van der Waals surface area contributed by atoms with Crippen molar-refractivity contribution in [1.29, 1.82) is 0 Å². The number of benzene rings is 1. The Labute approximate surface area is 130 Å². The molecule has 21 heavy (non-hydrogen) atoms. The average molecular weight is 303 g/mol. The summed E-state index contributed by atoms with van der Waals surface area (Å²) in [6.07, 6.45) is 0.747. The molecule has 0 saturated carbocycles. The Hall–Kier alpha value is -1.87. The second kappa shape index (κ2) is 6.72. The van der Waals surface area contributed by atoms with Crippen LogP contribution in [0.4, 0.5) is 5.69 Å². The number of pyridine rings is 1. The highest BCUT2D eigenvalue weighted by atomic mass is 35.5. The molecule has 0 aliphatic heterocycles.